The molecule has 16 heavy (non-hydrogen) atoms. The highest BCUT2D eigenvalue weighted by Crippen LogP contribution is 2.07. The molecule has 1 aromatic heterocycles. The van der Waals surface area contributed by atoms with Gasteiger partial charge in [0.2, 0.25) is 0 Å². The van der Waals surface area contributed by atoms with Crippen LogP contribution in [0.5, 0.6) is 0 Å². The van der Waals surface area contributed by atoms with Crippen LogP contribution in [0.4, 0.5) is 0 Å². The summed E-state index contributed by atoms with van der Waals surface area (Å²) < 4.78 is 7.16. The monoisotopic (exact) mass is 225 g/mol. The molecule has 0 amide bonds. The summed E-state index contributed by atoms with van der Waals surface area (Å²) in [5.41, 5.74) is 1.15. The van der Waals surface area contributed by atoms with Crippen LogP contribution >= 0.6 is 0 Å². The summed E-state index contributed by atoms with van der Waals surface area (Å²) in [4.78, 5) is 0. The summed E-state index contributed by atoms with van der Waals surface area (Å²) in [7, 11) is 0. The predicted molar refractivity (Wildman–Crippen MR) is 60.0 cm³/mol. The van der Waals surface area contributed by atoms with E-state index in [4.69, 9.17) is 9.84 Å². The van der Waals surface area contributed by atoms with Gasteiger partial charge in [0.1, 0.15) is 0 Å². The Hall–Kier alpha value is -0.910. The van der Waals surface area contributed by atoms with Crippen LogP contribution in [0.3, 0.4) is 0 Å². The van der Waals surface area contributed by atoms with E-state index in [-0.39, 0.29) is 6.61 Å². The second-order valence-corrected chi connectivity index (χ2v) is 4.13. The number of aromatic nitrogens is 2. The zero-order valence-corrected chi connectivity index (χ0v) is 9.43. The molecule has 1 saturated heterocycles. The van der Waals surface area contributed by atoms with Crippen LogP contribution in [-0.2, 0) is 17.8 Å². The van der Waals surface area contributed by atoms with Crippen molar-refractivity contribution in [3.05, 3.63) is 18.0 Å². The lowest BCUT2D eigenvalue weighted by atomic mass is 10.1. The lowest BCUT2D eigenvalue weighted by Crippen LogP contribution is -2.36. The standard InChI is InChI=1S/C11H19N3O2/c15-4-3-14-8-10(7-13-14)6-12-11-2-1-5-16-9-11/h7-8,11-12,15H,1-6,9H2. The van der Waals surface area contributed by atoms with Gasteiger partial charge in [0.05, 0.1) is 26.0 Å². The lowest BCUT2D eigenvalue weighted by Gasteiger charge is -2.22. The van der Waals surface area contributed by atoms with Gasteiger partial charge in [0.25, 0.3) is 0 Å². The molecule has 5 nitrogen and oxygen atoms in total. The molecule has 5 heteroatoms. The molecule has 0 bridgehead atoms. The highest BCUT2D eigenvalue weighted by molar-refractivity contribution is 5.03. The number of ether oxygens (including phenoxy) is 1. The first-order valence-electron chi connectivity index (χ1n) is 5.82. The van der Waals surface area contributed by atoms with Gasteiger partial charge in [-0.05, 0) is 12.8 Å². The molecule has 90 valence electrons. The van der Waals surface area contributed by atoms with E-state index in [0.29, 0.717) is 12.6 Å². The minimum absolute atomic E-state index is 0.130. The molecule has 2 N–H and O–H groups in total. The molecular formula is C11H19N3O2. The summed E-state index contributed by atoms with van der Waals surface area (Å²) in [6.07, 6.45) is 6.13. The van der Waals surface area contributed by atoms with E-state index in [1.807, 2.05) is 12.4 Å². The van der Waals surface area contributed by atoms with Crippen LogP contribution in [0.25, 0.3) is 0 Å². The number of hydrogen-bond acceptors (Lipinski definition) is 4. The highest BCUT2D eigenvalue weighted by atomic mass is 16.5. The number of rotatable bonds is 5. The Morgan fingerprint density at radius 1 is 1.62 bits per heavy atom. The summed E-state index contributed by atoms with van der Waals surface area (Å²) >= 11 is 0. The second kappa shape index (κ2) is 5.98. The first kappa shape index (κ1) is 11.6. The zero-order valence-electron chi connectivity index (χ0n) is 9.43. The fraction of sp³-hybridized carbons (Fsp3) is 0.727. The van der Waals surface area contributed by atoms with Gasteiger partial charge in [-0.25, -0.2) is 0 Å². The van der Waals surface area contributed by atoms with Crippen molar-refractivity contribution in [1.82, 2.24) is 15.1 Å². The van der Waals surface area contributed by atoms with E-state index in [1.54, 1.807) is 4.68 Å². The molecule has 1 aliphatic rings. The van der Waals surface area contributed by atoms with Crippen LogP contribution in [0.15, 0.2) is 12.4 Å². The van der Waals surface area contributed by atoms with E-state index in [9.17, 15) is 0 Å². The van der Waals surface area contributed by atoms with Crippen LogP contribution in [0.1, 0.15) is 18.4 Å². The van der Waals surface area contributed by atoms with Gasteiger partial charge in [-0.3, -0.25) is 4.68 Å². The maximum atomic E-state index is 8.77. The van der Waals surface area contributed by atoms with Crippen molar-refractivity contribution >= 4 is 0 Å². The maximum absolute atomic E-state index is 8.77. The number of nitrogens with one attached hydrogen (secondary N) is 1. The van der Waals surface area contributed by atoms with Crippen molar-refractivity contribution in [2.45, 2.75) is 32.0 Å². The first-order valence-corrected chi connectivity index (χ1v) is 5.82. The Balaban J connectivity index is 1.75. The van der Waals surface area contributed by atoms with Gasteiger partial charge in [-0.1, -0.05) is 0 Å². The summed E-state index contributed by atoms with van der Waals surface area (Å²) in [6.45, 7) is 3.22. The zero-order chi connectivity index (χ0) is 11.2. The van der Waals surface area contributed by atoms with Gasteiger partial charge >= 0.3 is 0 Å². The van der Waals surface area contributed by atoms with Crippen molar-refractivity contribution in [1.29, 1.82) is 0 Å². The van der Waals surface area contributed by atoms with Crippen LogP contribution in [0.2, 0.25) is 0 Å². The Morgan fingerprint density at radius 3 is 3.31 bits per heavy atom. The van der Waals surface area contributed by atoms with E-state index in [1.165, 1.54) is 6.42 Å². The molecule has 2 heterocycles. The SMILES string of the molecule is OCCn1cc(CNC2CCCOC2)cn1. The number of aliphatic hydroxyl groups excluding tert-OH is 1. The fourth-order valence-corrected chi connectivity index (χ4v) is 1.89. The average molecular weight is 225 g/mol. The molecular weight excluding hydrogens is 206 g/mol. The van der Waals surface area contributed by atoms with E-state index in [0.717, 1.165) is 31.7 Å². The molecule has 1 aromatic rings. The molecule has 0 saturated carbocycles. The van der Waals surface area contributed by atoms with Gasteiger partial charge < -0.3 is 15.2 Å². The Labute approximate surface area is 95.4 Å². The normalized spacial score (nSPS) is 21.2. The largest absolute Gasteiger partial charge is 0.394 e. The molecule has 0 aromatic carbocycles. The van der Waals surface area contributed by atoms with Gasteiger partial charge in [0, 0.05) is 31.0 Å². The number of nitrogens with zero attached hydrogens (tertiary/aromatic N) is 2. The van der Waals surface area contributed by atoms with Crippen molar-refractivity contribution < 1.29 is 9.84 Å². The molecule has 2 rings (SSSR count). The van der Waals surface area contributed by atoms with Crippen LogP contribution < -0.4 is 5.32 Å². The average Bonchev–Trinajstić information content (AvgIpc) is 2.76. The van der Waals surface area contributed by atoms with Crippen molar-refractivity contribution in [3.63, 3.8) is 0 Å². The topological polar surface area (TPSA) is 59.3 Å². The predicted octanol–water partition coefficient (Wildman–Crippen LogP) is 0.144. The van der Waals surface area contributed by atoms with Crippen LogP contribution in [0, 0.1) is 0 Å². The quantitative estimate of drug-likeness (QED) is 0.748. The summed E-state index contributed by atoms with van der Waals surface area (Å²) in [6, 6.07) is 0.468. The van der Waals surface area contributed by atoms with E-state index < -0.39 is 0 Å². The Bertz CT molecular complexity index is 308. The minimum atomic E-state index is 0.130. The third-order valence-electron chi connectivity index (χ3n) is 2.77. The van der Waals surface area contributed by atoms with Crippen molar-refractivity contribution in [2.24, 2.45) is 0 Å². The molecule has 1 fully saturated rings. The first-order chi connectivity index (χ1) is 7.88. The van der Waals surface area contributed by atoms with Gasteiger partial charge in [0.15, 0.2) is 0 Å². The lowest BCUT2D eigenvalue weighted by molar-refractivity contribution is 0.0699. The highest BCUT2D eigenvalue weighted by Gasteiger charge is 2.12. The van der Waals surface area contributed by atoms with Crippen molar-refractivity contribution in [3.8, 4) is 0 Å². The molecule has 1 aliphatic heterocycles. The Kier molecular flexibility index (Phi) is 4.33. The van der Waals surface area contributed by atoms with E-state index >= 15 is 0 Å². The number of hydrogen-bond donors (Lipinski definition) is 2. The van der Waals surface area contributed by atoms with Gasteiger partial charge in [-0.15, -0.1) is 0 Å². The maximum Gasteiger partial charge on any atom is 0.0640 e. The minimum Gasteiger partial charge on any atom is -0.394 e. The molecule has 1 unspecified atom stereocenters. The molecule has 1 atom stereocenters. The fourth-order valence-electron chi connectivity index (χ4n) is 1.89. The third-order valence-corrected chi connectivity index (χ3v) is 2.77. The number of aliphatic hydroxyl groups is 1. The second-order valence-electron chi connectivity index (χ2n) is 4.13. The molecule has 0 spiro atoms. The third kappa shape index (κ3) is 3.30. The van der Waals surface area contributed by atoms with Crippen molar-refractivity contribution in [2.75, 3.05) is 19.8 Å². The van der Waals surface area contributed by atoms with E-state index in [2.05, 4.69) is 10.4 Å². The smallest absolute Gasteiger partial charge is 0.0640 e. The molecule has 0 aliphatic carbocycles. The van der Waals surface area contributed by atoms with Gasteiger partial charge in [-0.2, -0.15) is 5.10 Å². The van der Waals surface area contributed by atoms with Crippen LogP contribution in [-0.4, -0.2) is 40.7 Å². The summed E-state index contributed by atoms with van der Waals surface area (Å²) in [5.74, 6) is 0. The Morgan fingerprint density at radius 2 is 2.56 bits per heavy atom. The summed E-state index contributed by atoms with van der Waals surface area (Å²) in [5, 5.41) is 16.4. The molecule has 0 radical (unpaired) electrons.